The number of carbonyl (C=O) groups is 2. The summed E-state index contributed by atoms with van der Waals surface area (Å²) in [6, 6.07) is 3.76. The number of halogens is 3. The minimum Gasteiger partial charge on any atom is -0.344 e. The van der Waals surface area contributed by atoms with Crippen LogP contribution in [0.4, 0.5) is 10.1 Å². The molecule has 0 spiro atoms. The minimum atomic E-state index is -0.556. The molecule has 24 heavy (non-hydrogen) atoms. The largest absolute Gasteiger partial charge is 0.344 e. The highest BCUT2D eigenvalue weighted by atomic mass is 35.5. The van der Waals surface area contributed by atoms with Crippen molar-refractivity contribution in [1.29, 1.82) is 0 Å². The Balaban J connectivity index is 0.00000208. The second-order valence-electron chi connectivity index (χ2n) is 5.96. The van der Waals surface area contributed by atoms with Crippen LogP contribution in [0.1, 0.15) is 19.3 Å². The Hall–Kier alpha value is -1.37. The molecule has 0 radical (unpaired) electrons. The van der Waals surface area contributed by atoms with Crippen molar-refractivity contribution in [1.82, 2.24) is 10.6 Å². The van der Waals surface area contributed by atoms with E-state index in [2.05, 4.69) is 10.6 Å². The minimum absolute atomic E-state index is 0. The first-order valence-corrected chi connectivity index (χ1v) is 8.21. The molecule has 2 aliphatic rings. The van der Waals surface area contributed by atoms with Crippen molar-refractivity contribution < 1.29 is 14.0 Å². The Kier molecular flexibility index (Phi) is 6.43. The lowest BCUT2D eigenvalue weighted by atomic mass is 9.97. The fourth-order valence-corrected chi connectivity index (χ4v) is 3.21. The van der Waals surface area contributed by atoms with Crippen LogP contribution in [0.2, 0.25) is 5.02 Å². The lowest BCUT2D eigenvalue weighted by Crippen LogP contribution is -2.46. The Morgan fingerprint density at radius 2 is 2.00 bits per heavy atom. The molecule has 2 amide bonds. The molecular formula is C16H20Cl2FN3O2. The molecule has 1 aromatic carbocycles. The summed E-state index contributed by atoms with van der Waals surface area (Å²) in [4.78, 5) is 26.2. The first-order chi connectivity index (χ1) is 11.1. The van der Waals surface area contributed by atoms with E-state index in [4.69, 9.17) is 11.6 Å². The molecule has 5 nitrogen and oxygen atoms in total. The molecule has 0 saturated carbocycles. The zero-order valence-electron chi connectivity index (χ0n) is 13.1. The average molecular weight is 376 g/mol. The molecule has 2 heterocycles. The first-order valence-electron chi connectivity index (χ1n) is 7.84. The third-order valence-electron chi connectivity index (χ3n) is 4.45. The SMILES string of the molecule is Cl.O=C(NC1CCN(c2ccc(Cl)c(F)c2)C1=O)C1CCNCC1. The summed E-state index contributed by atoms with van der Waals surface area (Å²) in [7, 11) is 0. The molecule has 1 aromatic rings. The van der Waals surface area contributed by atoms with Gasteiger partial charge in [0.25, 0.3) is 0 Å². The highest BCUT2D eigenvalue weighted by molar-refractivity contribution is 6.30. The quantitative estimate of drug-likeness (QED) is 0.850. The first kappa shape index (κ1) is 19.0. The highest BCUT2D eigenvalue weighted by Crippen LogP contribution is 2.26. The lowest BCUT2D eigenvalue weighted by molar-refractivity contribution is -0.129. The van der Waals surface area contributed by atoms with Gasteiger partial charge in [-0.2, -0.15) is 0 Å². The number of carbonyl (C=O) groups excluding carboxylic acids is 2. The van der Waals surface area contributed by atoms with E-state index in [1.54, 1.807) is 6.07 Å². The van der Waals surface area contributed by atoms with Crippen LogP contribution in [0, 0.1) is 11.7 Å². The molecule has 2 saturated heterocycles. The maximum Gasteiger partial charge on any atom is 0.249 e. The Labute approximate surface area is 151 Å². The number of rotatable bonds is 3. The second-order valence-corrected chi connectivity index (χ2v) is 6.37. The fourth-order valence-electron chi connectivity index (χ4n) is 3.10. The number of piperidine rings is 1. The molecule has 0 bridgehead atoms. The van der Waals surface area contributed by atoms with E-state index in [0.717, 1.165) is 25.9 Å². The van der Waals surface area contributed by atoms with E-state index in [1.807, 2.05) is 0 Å². The maximum atomic E-state index is 13.6. The number of nitrogens with zero attached hydrogens (tertiary/aromatic N) is 1. The number of amides is 2. The van der Waals surface area contributed by atoms with Gasteiger partial charge in [-0.1, -0.05) is 11.6 Å². The van der Waals surface area contributed by atoms with Crippen LogP contribution < -0.4 is 15.5 Å². The molecule has 0 aromatic heterocycles. The van der Waals surface area contributed by atoms with Crippen molar-refractivity contribution >= 4 is 41.5 Å². The molecule has 3 rings (SSSR count). The summed E-state index contributed by atoms with van der Waals surface area (Å²) in [5, 5.41) is 6.08. The lowest BCUT2D eigenvalue weighted by Gasteiger charge is -2.23. The van der Waals surface area contributed by atoms with E-state index < -0.39 is 11.9 Å². The predicted octanol–water partition coefficient (Wildman–Crippen LogP) is 2.12. The molecule has 2 fully saturated rings. The van der Waals surface area contributed by atoms with Crippen molar-refractivity contribution in [2.24, 2.45) is 5.92 Å². The van der Waals surface area contributed by atoms with Crippen molar-refractivity contribution in [2.75, 3.05) is 24.5 Å². The number of hydrogen-bond donors (Lipinski definition) is 2. The third-order valence-corrected chi connectivity index (χ3v) is 4.75. The molecule has 0 aliphatic carbocycles. The van der Waals surface area contributed by atoms with Crippen LogP contribution in [0.5, 0.6) is 0 Å². The van der Waals surface area contributed by atoms with Gasteiger partial charge in [0, 0.05) is 18.2 Å². The van der Waals surface area contributed by atoms with Gasteiger partial charge in [0.1, 0.15) is 11.9 Å². The highest BCUT2D eigenvalue weighted by Gasteiger charge is 2.35. The van der Waals surface area contributed by atoms with E-state index in [0.29, 0.717) is 18.7 Å². The molecule has 1 unspecified atom stereocenters. The molecule has 2 aliphatic heterocycles. The smallest absolute Gasteiger partial charge is 0.249 e. The van der Waals surface area contributed by atoms with Crippen LogP contribution >= 0.6 is 24.0 Å². The van der Waals surface area contributed by atoms with Gasteiger partial charge in [-0.25, -0.2) is 4.39 Å². The van der Waals surface area contributed by atoms with Gasteiger partial charge in [-0.3, -0.25) is 9.59 Å². The Bertz CT molecular complexity index is 623. The number of anilines is 1. The molecule has 2 N–H and O–H groups in total. The summed E-state index contributed by atoms with van der Waals surface area (Å²) in [5.41, 5.74) is 0.468. The predicted molar refractivity (Wildman–Crippen MR) is 93.2 cm³/mol. The van der Waals surface area contributed by atoms with Gasteiger partial charge in [-0.05, 0) is 50.6 Å². The summed E-state index contributed by atoms with van der Waals surface area (Å²) >= 11 is 5.67. The zero-order chi connectivity index (χ0) is 16.4. The van der Waals surface area contributed by atoms with E-state index in [-0.39, 0.29) is 35.2 Å². The van der Waals surface area contributed by atoms with E-state index >= 15 is 0 Å². The standard InChI is InChI=1S/C16H19ClFN3O2.ClH/c17-12-2-1-11(9-13(12)18)21-8-5-14(16(21)23)20-15(22)10-3-6-19-7-4-10;/h1-2,9-10,14,19H,3-8H2,(H,20,22);1H. The Morgan fingerprint density at radius 1 is 1.29 bits per heavy atom. The molecule has 8 heteroatoms. The topological polar surface area (TPSA) is 61.4 Å². The van der Waals surface area contributed by atoms with Gasteiger partial charge in [-0.15, -0.1) is 12.4 Å². The van der Waals surface area contributed by atoms with Crippen LogP contribution in [0.3, 0.4) is 0 Å². The van der Waals surface area contributed by atoms with E-state index in [9.17, 15) is 14.0 Å². The Morgan fingerprint density at radius 3 is 2.67 bits per heavy atom. The van der Waals surface area contributed by atoms with Crippen molar-refractivity contribution in [3.05, 3.63) is 29.0 Å². The van der Waals surface area contributed by atoms with Crippen LogP contribution in [0.15, 0.2) is 18.2 Å². The number of nitrogens with one attached hydrogen (secondary N) is 2. The van der Waals surface area contributed by atoms with Crippen LogP contribution in [0.25, 0.3) is 0 Å². The maximum absolute atomic E-state index is 13.6. The van der Waals surface area contributed by atoms with Gasteiger partial charge in [0.15, 0.2) is 0 Å². The van der Waals surface area contributed by atoms with Gasteiger partial charge >= 0.3 is 0 Å². The third kappa shape index (κ3) is 3.99. The van der Waals surface area contributed by atoms with Gasteiger partial charge < -0.3 is 15.5 Å². The van der Waals surface area contributed by atoms with Gasteiger partial charge in [0.2, 0.25) is 11.8 Å². The molecular weight excluding hydrogens is 356 g/mol. The molecule has 1 atom stereocenters. The summed E-state index contributed by atoms with van der Waals surface area (Å²) in [6.07, 6.45) is 2.11. The van der Waals surface area contributed by atoms with E-state index in [1.165, 1.54) is 17.0 Å². The van der Waals surface area contributed by atoms with Crippen molar-refractivity contribution in [3.8, 4) is 0 Å². The number of hydrogen-bond acceptors (Lipinski definition) is 3. The zero-order valence-corrected chi connectivity index (χ0v) is 14.6. The van der Waals surface area contributed by atoms with Gasteiger partial charge in [0.05, 0.1) is 5.02 Å². The van der Waals surface area contributed by atoms with Crippen LogP contribution in [-0.4, -0.2) is 37.5 Å². The second kappa shape index (κ2) is 8.14. The summed E-state index contributed by atoms with van der Waals surface area (Å²) < 4.78 is 13.6. The van der Waals surface area contributed by atoms with Crippen molar-refractivity contribution in [2.45, 2.75) is 25.3 Å². The van der Waals surface area contributed by atoms with Crippen molar-refractivity contribution in [3.63, 3.8) is 0 Å². The summed E-state index contributed by atoms with van der Waals surface area (Å²) in [6.45, 7) is 2.11. The molecule has 132 valence electrons. The monoisotopic (exact) mass is 375 g/mol. The number of benzene rings is 1. The fraction of sp³-hybridized carbons (Fsp3) is 0.500. The van der Waals surface area contributed by atoms with Crippen LogP contribution in [-0.2, 0) is 9.59 Å². The normalized spacial score (nSPS) is 21.5. The average Bonchev–Trinajstić information content (AvgIpc) is 2.92. The summed E-state index contributed by atoms with van der Waals surface area (Å²) in [5.74, 6) is -0.853.